The molecule has 0 aromatic heterocycles. The van der Waals surface area contributed by atoms with Crippen LogP contribution >= 0.6 is 11.8 Å². The van der Waals surface area contributed by atoms with Crippen molar-refractivity contribution in [2.24, 2.45) is 5.92 Å². The van der Waals surface area contributed by atoms with E-state index in [0.717, 1.165) is 12.8 Å². The maximum atomic E-state index is 11.7. The van der Waals surface area contributed by atoms with Crippen molar-refractivity contribution in [3.63, 3.8) is 0 Å². The summed E-state index contributed by atoms with van der Waals surface area (Å²) in [6.07, 6.45) is 8.19. The van der Waals surface area contributed by atoms with Crippen LogP contribution in [0.1, 0.15) is 19.3 Å². The van der Waals surface area contributed by atoms with E-state index in [1.807, 2.05) is 0 Å². The van der Waals surface area contributed by atoms with E-state index in [0.29, 0.717) is 13.0 Å². The van der Waals surface area contributed by atoms with Gasteiger partial charge in [-0.2, -0.15) is 11.8 Å². The summed E-state index contributed by atoms with van der Waals surface area (Å²) in [4.78, 5) is 22.4. The average Bonchev–Trinajstić information content (AvgIpc) is 2.98. The fourth-order valence-corrected chi connectivity index (χ4v) is 2.77. The first-order chi connectivity index (χ1) is 8.54. The smallest absolute Gasteiger partial charge is 0.315 e. The van der Waals surface area contributed by atoms with Crippen LogP contribution < -0.4 is 10.6 Å². The highest BCUT2D eigenvalue weighted by atomic mass is 32.2. The molecule has 0 aromatic carbocycles. The van der Waals surface area contributed by atoms with Gasteiger partial charge in [0, 0.05) is 11.3 Å². The molecule has 2 amide bonds. The fraction of sp³-hybridized carbons (Fsp3) is 0.667. The van der Waals surface area contributed by atoms with Gasteiger partial charge in [-0.15, -0.1) is 0 Å². The average molecular weight is 270 g/mol. The Labute approximate surface area is 110 Å². The van der Waals surface area contributed by atoms with Crippen LogP contribution in [-0.2, 0) is 4.79 Å². The number of carboxylic acid groups (broad SMARTS) is 1. The lowest BCUT2D eigenvalue weighted by Gasteiger charge is -2.16. The Balaban J connectivity index is 1.69. The molecule has 2 unspecified atom stereocenters. The maximum Gasteiger partial charge on any atom is 0.315 e. The van der Waals surface area contributed by atoms with Crippen molar-refractivity contribution < 1.29 is 14.7 Å². The Morgan fingerprint density at radius 1 is 1.44 bits per heavy atom. The van der Waals surface area contributed by atoms with E-state index in [1.54, 1.807) is 23.9 Å². The molecule has 100 valence electrons. The number of rotatable bonds is 5. The molecule has 2 aliphatic rings. The van der Waals surface area contributed by atoms with Crippen LogP contribution in [0.4, 0.5) is 4.79 Å². The minimum atomic E-state index is -0.838. The van der Waals surface area contributed by atoms with Crippen LogP contribution in [0.2, 0.25) is 0 Å². The molecule has 2 rings (SSSR count). The molecule has 1 saturated carbocycles. The molecule has 2 aliphatic carbocycles. The maximum absolute atomic E-state index is 11.7. The summed E-state index contributed by atoms with van der Waals surface area (Å²) in [6, 6.07) is -0.383. The number of urea groups is 1. The zero-order chi connectivity index (χ0) is 13.2. The molecular weight excluding hydrogens is 252 g/mol. The summed E-state index contributed by atoms with van der Waals surface area (Å²) in [5.74, 6) is -1.31. The van der Waals surface area contributed by atoms with Gasteiger partial charge in [0.15, 0.2) is 0 Å². The number of carboxylic acids is 1. The molecule has 5 nitrogen and oxygen atoms in total. The summed E-state index contributed by atoms with van der Waals surface area (Å²) in [5.41, 5.74) is 0. The number of aliphatic carboxylic acids is 1. The van der Waals surface area contributed by atoms with Crippen molar-refractivity contribution in [1.82, 2.24) is 10.6 Å². The number of hydrogen-bond donors (Lipinski definition) is 3. The largest absolute Gasteiger partial charge is 0.481 e. The van der Waals surface area contributed by atoms with Crippen LogP contribution in [0, 0.1) is 5.92 Å². The van der Waals surface area contributed by atoms with Crippen molar-refractivity contribution in [2.75, 3.05) is 12.8 Å². The molecule has 0 spiro atoms. The SMILES string of the molecule is CSC1(CNC(=O)NC2C=CC(C(=O)O)C2)CC1. The molecule has 0 aliphatic heterocycles. The third-order valence-corrected chi connectivity index (χ3v) is 4.95. The van der Waals surface area contributed by atoms with Crippen molar-refractivity contribution in [3.8, 4) is 0 Å². The predicted octanol–water partition coefficient (Wildman–Crippen LogP) is 1.21. The Bertz CT molecular complexity index is 380. The molecule has 18 heavy (non-hydrogen) atoms. The van der Waals surface area contributed by atoms with Gasteiger partial charge in [0.25, 0.3) is 0 Å². The highest BCUT2D eigenvalue weighted by Gasteiger charge is 2.42. The van der Waals surface area contributed by atoms with E-state index in [-0.39, 0.29) is 16.8 Å². The molecule has 1 fully saturated rings. The molecular formula is C12H18N2O3S. The minimum Gasteiger partial charge on any atom is -0.481 e. The molecule has 2 atom stereocenters. The van der Waals surface area contributed by atoms with Crippen molar-refractivity contribution in [2.45, 2.75) is 30.1 Å². The van der Waals surface area contributed by atoms with Gasteiger partial charge in [-0.3, -0.25) is 4.79 Å². The van der Waals surface area contributed by atoms with Crippen molar-refractivity contribution >= 4 is 23.8 Å². The third-order valence-electron chi connectivity index (χ3n) is 3.53. The summed E-state index contributed by atoms with van der Waals surface area (Å²) in [7, 11) is 0. The van der Waals surface area contributed by atoms with E-state index in [2.05, 4.69) is 16.9 Å². The number of hydrogen-bond acceptors (Lipinski definition) is 3. The second-order valence-corrected chi connectivity index (χ2v) is 6.16. The topological polar surface area (TPSA) is 78.4 Å². The lowest BCUT2D eigenvalue weighted by atomic mass is 10.1. The molecule has 6 heteroatoms. The Hall–Kier alpha value is -1.17. The van der Waals surface area contributed by atoms with Crippen LogP contribution in [0.15, 0.2) is 12.2 Å². The van der Waals surface area contributed by atoms with E-state index in [1.165, 1.54) is 0 Å². The van der Waals surface area contributed by atoms with Gasteiger partial charge < -0.3 is 15.7 Å². The zero-order valence-electron chi connectivity index (χ0n) is 10.3. The van der Waals surface area contributed by atoms with E-state index >= 15 is 0 Å². The highest BCUT2D eigenvalue weighted by molar-refractivity contribution is 8.00. The summed E-state index contributed by atoms with van der Waals surface area (Å²) >= 11 is 1.79. The second kappa shape index (κ2) is 5.22. The number of nitrogens with one attached hydrogen (secondary N) is 2. The molecule has 0 heterocycles. The lowest BCUT2D eigenvalue weighted by molar-refractivity contribution is -0.140. The zero-order valence-corrected chi connectivity index (χ0v) is 11.1. The molecule has 0 radical (unpaired) electrons. The van der Waals surface area contributed by atoms with Crippen LogP contribution in [0.5, 0.6) is 0 Å². The minimum absolute atomic E-state index is 0.171. The first-order valence-electron chi connectivity index (χ1n) is 6.05. The van der Waals surface area contributed by atoms with Gasteiger partial charge in [-0.1, -0.05) is 12.2 Å². The highest BCUT2D eigenvalue weighted by Crippen LogP contribution is 2.46. The van der Waals surface area contributed by atoms with Gasteiger partial charge >= 0.3 is 12.0 Å². The number of carbonyl (C=O) groups is 2. The first-order valence-corrected chi connectivity index (χ1v) is 7.28. The van der Waals surface area contributed by atoms with E-state index < -0.39 is 11.9 Å². The van der Waals surface area contributed by atoms with Crippen molar-refractivity contribution in [3.05, 3.63) is 12.2 Å². The summed E-state index contributed by atoms with van der Waals surface area (Å²) < 4.78 is 0.243. The third kappa shape index (κ3) is 3.19. The normalized spacial score (nSPS) is 27.8. The van der Waals surface area contributed by atoms with Crippen molar-refractivity contribution in [1.29, 1.82) is 0 Å². The quantitative estimate of drug-likeness (QED) is 0.656. The number of thioether (sulfide) groups is 1. The number of amides is 2. The van der Waals surface area contributed by atoms with Gasteiger partial charge in [-0.05, 0) is 25.5 Å². The fourth-order valence-electron chi connectivity index (χ4n) is 2.04. The molecule has 3 N–H and O–H groups in total. The lowest BCUT2D eigenvalue weighted by Crippen LogP contribution is -2.43. The summed E-state index contributed by atoms with van der Waals surface area (Å²) in [5, 5.41) is 14.5. The Morgan fingerprint density at radius 3 is 2.67 bits per heavy atom. The van der Waals surface area contributed by atoms with Gasteiger partial charge in [0.05, 0.1) is 12.0 Å². The van der Waals surface area contributed by atoms with Gasteiger partial charge in [-0.25, -0.2) is 4.79 Å². The molecule has 0 aromatic rings. The first kappa shape index (κ1) is 13.3. The Morgan fingerprint density at radius 2 is 2.17 bits per heavy atom. The monoisotopic (exact) mass is 270 g/mol. The van der Waals surface area contributed by atoms with Crippen LogP contribution in [0.25, 0.3) is 0 Å². The predicted molar refractivity (Wildman–Crippen MR) is 70.7 cm³/mol. The second-order valence-electron chi connectivity index (χ2n) is 4.89. The van der Waals surface area contributed by atoms with Gasteiger partial charge in [0.1, 0.15) is 0 Å². The molecule has 0 bridgehead atoms. The van der Waals surface area contributed by atoms with E-state index in [9.17, 15) is 9.59 Å². The van der Waals surface area contributed by atoms with Crippen LogP contribution in [0.3, 0.4) is 0 Å². The van der Waals surface area contributed by atoms with E-state index in [4.69, 9.17) is 5.11 Å². The summed E-state index contributed by atoms with van der Waals surface area (Å²) in [6.45, 7) is 0.679. The standard InChI is InChI=1S/C12H18N2O3S/c1-18-12(4-5-12)7-13-11(17)14-9-3-2-8(6-9)10(15)16/h2-3,8-9H,4-7H2,1H3,(H,15,16)(H2,13,14,17). The Kier molecular flexibility index (Phi) is 3.85. The number of carbonyl (C=O) groups excluding carboxylic acids is 1. The van der Waals surface area contributed by atoms with Gasteiger partial charge in [0.2, 0.25) is 0 Å². The van der Waals surface area contributed by atoms with Crippen LogP contribution in [-0.4, -0.2) is 40.7 Å². The molecule has 0 saturated heterocycles.